The highest BCUT2D eigenvalue weighted by Gasteiger charge is 2.43. The van der Waals surface area contributed by atoms with Crippen molar-refractivity contribution in [2.24, 2.45) is 0 Å². The van der Waals surface area contributed by atoms with Gasteiger partial charge >= 0.3 is 6.18 Å². The Morgan fingerprint density at radius 3 is 2.43 bits per heavy atom. The zero-order valence-electron chi connectivity index (χ0n) is 11.2. The van der Waals surface area contributed by atoms with Crippen LogP contribution in [0.4, 0.5) is 18.9 Å². The number of anilines is 1. The lowest BCUT2D eigenvalue weighted by Crippen LogP contribution is -2.39. The van der Waals surface area contributed by atoms with Gasteiger partial charge in [0.25, 0.3) is 10.9 Å². The van der Waals surface area contributed by atoms with Gasteiger partial charge in [-0.1, -0.05) is 0 Å². The molecule has 0 radical (unpaired) electrons. The third-order valence-corrected chi connectivity index (χ3v) is 3.88. The Bertz CT molecular complexity index is 713. The Kier molecular flexibility index (Phi) is 4.08. The molecule has 0 bridgehead atoms. The van der Waals surface area contributed by atoms with Crippen molar-refractivity contribution in [2.75, 3.05) is 11.9 Å². The number of nitrogens with one attached hydrogen (secondary N) is 1. The average Bonchev–Trinajstić information content (AvgIpc) is 2.82. The van der Waals surface area contributed by atoms with Crippen LogP contribution in [-0.4, -0.2) is 12.8 Å². The molecule has 0 saturated heterocycles. The van der Waals surface area contributed by atoms with Crippen molar-refractivity contribution >= 4 is 17.0 Å². The molecule has 1 N–H and O–H groups in total. The first-order valence-corrected chi connectivity index (χ1v) is 6.93. The Morgan fingerprint density at radius 2 is 1.95 bits per heavy atom. The van der Waals surface area contributed by atoms with E-state index in [1.165, 1.54) is 6.07 Å². The molecule has 8 heteroatoms. The Labute approximate surface area is 121 Å². The molecular weight excluding hydrogens is 307 g/mol. The lowest BCUT2D eigenvalue weighted by atomic mass is 10.1. The normalized spacial score (nSPS) is 13.4. The van der Waals surface area contributed by atoms with Gasteiger partial charge in [-0.25, -0.2) is 0 Å². The summed E-state index contributed by atoms with van der Waals surface area (Å²) < 4.78 is 44.4. The average molecular weight is 319 g/mol. The van der Waals surface area contributed by atoms with Crippen LogP contribution in [0.1, 0.15) is 22.7 Å². The second-order valence-electron chi connectivity index (χ2n) is 4.36. The SMILES string of the molecule is CCOc1c(NC(c2ccc(C)s2)C(F)(F)F)c(=O)c1=O. The van der Waals surface area contributed by atoms with E-state index in [4.69, 9.17) is 4.74 Å². The van der Waals surface area contributed by atoms with Gasteiger partial charge in [-0.3, -0.25) is 9.59 Å². The summed E-state index contributed by atoms with van der Waals surface area (Å²) >= 11 is 0.974. The van der Waals surface area contributed by atoms with E-state index in [0.717, 1.165) is 16.2 Å². The highest BCUT2D eigenvalue weighted by atomic mass is 32.1. The molecule has 114 valence electrons. The van der Waals surface area contributed by atoms with Crippen LogP contribution >= 0.6 is 11.3 Å². The van der Waals surface area contributed by atoms with E-state index in [-0.39, 0.29) is 17.2 Å². The molecule has 0 aliphatic heterocycles. The van der Waals surface area contributed by atoms with E-state index < -0.39 is 28.8 Å². The van der Waals surface area contributed by atoms with E-state index in [0.29, 0.717) is 0 Å². The molecular formula is C13H12F3NO3S. The van der Waals surface area contributed by atoms with Crippen molar-refractivity contribution in [3.05, 3.63) is 42.3 Å². The summed E-state index contributed by atoms with van der Waals surface area (Å²) in [6, 6.07) is 0.863. The van der Waals surface area contributed by atoms with Gasteiger partial charge in [-0.2, -0.15) is 13.2 Å². The van der Waals surface area contributed by atoms with Crippen LogP contribution in [0.15, 0.2) is 21.7 Å². The number of halogens is 3. The first kappa shape index (κ1) is 15.6. The molecule has 0 saturated carbocycles. The number of alkyl halides is 3. The van der Waals surface area contributed by atoms with Crippen molar-refractivity contribution in [3.63, 3.8) is 0 Å². The maximum absolute atomic E-state index is 13.2. The maximum atomic E-state index is 13.2. The second kappa shape index (κ2) is 5.51. The second-order valence-corrected chi connectivity index (χ2v) is 5.68. The van der Waals surface area contributed by atoms with Crippen LogP contribution in [-0.2, 0) is 0 Å². The fourth-order valence-corrected chi connectivity index (χ4v) is 2.81. The molecule has 0 aliphatic rings. The summed E-state index contributed by atoms with van der Waals surface area (Å²) in [7, 11) is 0. The molecule has 2 aromatic rings. The van der Waals surface area contributed by atoms with E-state index in [1.807, 2.05) is 0 Å². The molecule has 21 heavy (non-hydrogen) atoms. The van der Waals surface area contributed by atoms with Crippen LogP contribution in [0.3, 0.4) is 0 Å². The van der Waals surface area contributed by atoms with Gasteiger partial charge in [0, 0.05) is 9.75 Å². The van der Waals surface area contributed by atoms with Gasteiger partial charge in [-0.15, -0.1) is 11.3 Å². The summed E-state index contributed by atoms with van der Waals surface area (Å²) in [4.78, 5) is 23.5. The number of hydrogen-bond donors (Lipinski definition) is 1. The Morgan fingerprint density at radius 1 is 1.29 bits per heavy atom. The van der Waals surface area contributed by atoms with E-state index in [1.54, 1.807) is 19.9 Å². The number of hydrogen-bond acceptors (Lipinski definition) is 5. The predicted molar refractivity (Wildman–Crippen MR) is 74.0 cm³/mol. The largest absolute Gasteiger partial charge is 0.488 e. The van der Waals surface area contributed by atoms with E-state index in [2.05, 4.69) is 5.32 Å². The quantitative estimate of drug-likeness (QED) is 0.861. The third-order valence-electron chi connectivity index (χ3n) is 2.82. The fourth-order valence-electron chi connectivity index (χ4n) is 1.85. The minimum Gasteiger partial charge on any atom is -0.488 e. The minimum absolute atomic E-state index is 0.0236. The Hall–Kier alpha value is -1.83. The summed E-state index contributed by atoms with van der Waals surface area (Å²) in [5.74, 6) is -0.329. The zero-order chi connectivity index (χ0) is 15.8. The number of aryl methyl sites for hydroxylation is 1. The lowest BCUT2D eigenvalue weighted by molar-refractivity contribution is -0.143. The van der Waals surface area contributed by atoms with Crippen LogP contribution in [0.25, 0.3) is 0 Å². The zero-order valence-corrected chi connectivity index (χ0v) is 12.0. The molecule has 0 spiro atoms. The third kappa shape index (κ3) is 2.94. The minimum atomic E-state index is -4.60. The number of thiophene rings is 1. The summed E-state index contributed by atoms with van der Waals surface area (Å²) in [6.45, 7) is 3.35. The van der Waals surface area contributed by atoms with Gasteiger partial charge in [0.2, 0.25) is 0 Å². The molecule has 0 fully saturated rings. The standard InChI is InChI=1S/C13H12F3NO3S/c1-3-20-11-8(9(18)10(11)19)17-12(13(14,15)16)7-5-4-6(2)21-7/h4-5,12,17H,3H2,1-2H3. The molecule has 2 rings (SSSR count). The van der Waals surface area contributed by atoms with Crippen molar-refractivity contribution in [1.29, 1.82) is 0 Å². The molecule has 0 amide bonds. The van der Waals surface area contributed by atoms with Crippen LogP contribution in [0.5, 0.6) is 5.75 Å². The highest BCUT2D eigenvalue weighted by molar-refractivity contribution is 7.12. The molecule has 1 atom stereocenters. The van der Waals surface area contributed by atoms with Gasteiger partial charge in [0.1, 0.15) is 5.69 Å². The highest BCUT2D eigenvalue weighted by Crippen LogP contribution is 2.39. The smallest absolute Gasteiger partial charge is 0.413 e. The van der Waals surface area contributed by atoms with Gasteiger partial charge in [0.05, 0.1) is 6.61 Å². The molecule has 1 aromatic heterocycles. The van der Waals surface area contributed by atoms with Crippen molar-refractivity contribution in [3.8, 4) is 5.75 Å². The fraction of sp³-hybridized carbons (Fsp3) is 0.385. The van der Waals surface area contributed by atoms with Gasteiger partial charge in [-0.05, 0) is 26.0 Å². The topological polar surface area (TPSA) is 55.4 Å². The van der Waals surface area contributed by atoms with Crippen molar-refractivity contribution in [1.82, 2.24) is 0 Å². The van der Waals surface area contributed by atoms with Crippen molar-refractivity contribution < 1.29 is 17.9 Å². The molecule has 0 aliphatic carbocycles. The van der Waals surface area contributed by atoms with Crippen molar-refractivity contribution in [2.45, 2.75) is 26.1 Å². The van der Waals surface area contributed by atoms with E-state index >= 15 is 0 Å². The van der Waals surface area contributed by atoms with Crippen LogP contribution < -0.4 is 20.9 Å². The number of ether oxygens (including phenoxy) is 1. The molecule has 1 heterocycles. The monoisotopic (exact) mass is 319 g/mol. The van der Waals surface area contributed by atoms with Gasteiger partial charge in [0.15, 0.2) is 11.8 Å². The van der Waals surface area contributed by atoms with E-state index in [9.17, 15) is 22.8 Å². The van der Waals surface area contributed by atoms with Crippen LogP contribution in [0, 0.1) is 6.92 Å². The number of rotatable bonds is 5. The van der Waals surface area contributed by atoms with Gasteiger partial charge < -0.3 is 10.1 Å². The lowest BCUT2D eigenvalue weighted by Gasteiger charge is -2.23. The molecule has 4 nitrogen and oxygen atoms in total. The molecule has 1 unspecified atom stereocenters. The summed E-state index contributed by atoms with van der Waals surface area (Å²) in [5, 5.41) is 2.11. The summed E-state index contributed by atoms with van der Waals surface area (Å²) in [5.41, 5.74) is -2.29. The first-order chi connectivity index (χ1) is 9.75. The Balaban J connectivity index is 2.35. The molecule has 1 aromatic carbocycles. The van der Waals surface area contributed by atoms with Crippen LogP contribution in [0.2, 0.25) is 0 Å². The first-order valence-electron chi connectivity index (χ1n) is 6.11. The predicted octanol–water partition coefficient (Wildman–Crippen LogP) is 2.77. The maximum Gasteiger partial charge on any atom is 0.413 e. The summed E-state index contributed by atoms with van der Waals surface area (Å²) in [6.07, 6.45) is -4.60.